The Balaban J connectivity index is 1.58. The lowest BCUT2D eigenvalue weighted by Gasteiger charge is -2.26. The molecule has 1 aromatic heterocycles. The van der Waals surface area contributed by atoms with Gasteiger partial charge in [0.05, 0.1) is 22.9 Å². The highest BCUT2D eigenvalue weighted by Crippen LogP contribution is 2.22. The molecule has 0 aliphatic carbocycles. The van der Waals surface area contributed by atoms with Crippen molar-refractivity contribution in [3.8, 4) is 0 Å². The molecule has 2 atom stereocenters. The third-order valence-corrected chi connectivity index (χ3v) is 9.47. The third kappa shape index (κ3) is 5.53. The lowest BCUT2D eigenvalue weighted by Crippen LogP contribution is -2.39. The molecule has 34 heavy (non-hydrogen) atoms. The van der Waals surface area contributed by atoms with Crippen LogP contribution in [0.25, 0.3) is 10.8 Å². The summed E-state index contributed by atoms with van der Waals surface area (Å²) in [5.74, 6) is 0.171. The van der Waals surface area contributed by atoms with Crippen molar-refractivity contribution in [2.45, 2.75) is 57.4 Å². The van der Waals surface area contributed by atoms with Gasteiger partial charge in [0.15, 0.2) is 9.84 Å². The van der Waals surface area contributed by atoms with Crippen LogP contribution in [0.15, 0.2) is 53.3 Å². The maximum atomic E-state index is 13.3. The zero-order chi connectivity index (χ0) is 24.3. The van der Waals surface area contributed by atoms with Crippen molar-refractivity contribution in [3.05, 3.63) is 75.2 Å². The minimum Gasteiger partial charge on any atom is -0.298 e. The number of hydrogen-bond acceptors (Lipinski definition) is 5. The molecule has 1 fully saturated rings. The van der Waals surface area contributed by atoms with E-state index in [-0.39, 0.29) is 22.6 Å². The fourth-order valence-corrected chi connectivity index (χ4v) is 5.92. The summed E-state index contributed by atoms with van der Waals surface area (Å²) < 4.78 is 26.0. The predicted molar refractivity (Wildman–Crippen MR) is 138 cm³/mol. The molecule has 1 saturated heterocycles. The summed E-state index contributed by atoms with van der Waals surface area (Å²) in [5, 5.41) is 6.70. The van der Waals surface area contributed by atoms with Crippen LogP contribution in [-0.4, -0.2) is 53.2 Å². The van der Waals surface area contributed by atoms with Crippen LogP contribution in [0.3, 0.4) is 0 Å². The van der Waals surface area contributed by atoms with Crippen LogP contribution in [0, 0.1) is 0 Å². The van der Waals surface area contributed by atoms with Gasteiger partial charge in [-0.05, 0) is 63.0 Å². The lowest BCUT2D eigenvalue weighted by atomic mass is 10.0. The molecule has 0 spiro atoms. The maximum absolute atomic E-state index is 13.3. The largest absolute Gasteiger partial charge is 0.298 e. The molecule has 1 aliphatic heterocycles. The van der Waals surface area contributed by atoms with E-state index in [2.05, 4.69) is 4.90 Å². The van der Waals surface area contributed by atoms with Gasteiger partial charge in [-0.3, -0.25) is 9.69 Å². The second kappa shape index (κ2) is 10.6. The predicted octanol–water partition coefficient (Wildman–Crippen LogP) is 4.32. The first-order valence-electron chi connectivity index (χ1n) is 12.0. The van der Waals surface area contributed by atoms with E-state index in [1.165, 1.54) is 0 Å². The average Bonchev–Trinajstić information content (AvgIpc) is 3.28. The number of hydrogen-bond donors (Lipinski definition) is 0. The molecule has 0 unspecified atom stereocenters. The normalized spacial score (nSPS) is 17.9. The molecule has 0 amide bonds. The second-order valence-electron chi connectivity index (χ2n) is 9.17. The van der Waals surface area contributed by atoms with Crippen LogP contribution in [-0.2, 0) is 22.8 Å². The summed E-state index contributed by atoms with van der Waals surface area (Å²) >= 11 is 6.04. The third-order valence-electron chi connectivity index (χ3n) is 6.95. The summed E-state index contributed by atoms with van der Waals surface area (Å²) in [6.07, 6.45) is 3.23. The Morgan fingerprint density at radius 1 is 1.12 bits per heavy atom. The molecule has 182 valence electrons. The Morgan fingerprint density at radius 2 is 1.82 bits per heavy atom. The van der Waals surface area contributed by atoms with E-state index >= 15 is 0 Å². The van der Waals surface area contributed by atoms with Crippen molar-refractivity contribution in [2.24, 2.45) is 0 Å². The van der Waals surface area contributed by atoms with E-state index in [1.54, 1.807) is 18.5 Å². The van der Waals surface area contributed by atoms with Crippen molar-refractivity contribution in [3.63, 3.8) is 0 Å². The van der Waals surface area contributed by atoms with Gasteiger partial charge in [-0.15, -0.1) is 0 Å². The van der Waals surface area contributed by atoms with Gasteiger partial charge in [-0.1, -0.05) is 48.9 Å². The van der Waals surface area contributed by atoms with Crippen LogP contribution in [0.2, 0.25) is 5.02 Å². The number of nitrogens with zero attached hydrogens (tertiary/aromatic N) is 3. The quantitative estimate of drug-likeness (QED) is 0.436. The highest BCUT2D eigenvalue weighted by atomic mass is 35.5. The average molecular weight is 502 g/mol. The zero-order valence-electron chi connectivity index (χ0n) is 19.8. The van der Waals surface area contributed by atoms with Gasteiger partial charge in [-0.2, -0.15) is 5.10 Å². The van der Waals surface area contributed by atoms with E-state index in [9.17, 15) is 13.2 Å². The number of sulfone groups is 1. The number of aromatic nitrogens is 2. The molecule has 8 heteroatoms. The van der Waals surface area contributed by atoms with Crippen LogP contribution in [0.1, 0.15) is 44.4 Å². The summed E-state index contributed by atoms with van der Waals surface area (Å²) in [6.45, 7) is 5.63. The Kier molecular flexibility index (Phi) is 7.75. The van der Waals surface area contributed by atoms with Crippen molar-refractivity contribution >= 4 is 32.2 Å². The molecule has 0 saturated carbocycles. The van der Waals surface area contributed by atoms with Crippen LogP contribution < -0.4 is 5.56 Å². The first-order chi connectivity index (χ1) is 16.3. The van der Waals surface area contributed by atoms with Crippen molar-refractivity contribution in [1.29, 1.82) is 0 Å². The molecule has 4 rings (SSSR count). The molecule has 0 N–H and O–H groups in total. The standard InChI is InChI=1S/C26H32ClN3O3S/c1-3-34(32,33)19(2)14-16-29-15-6-7-22(29)18-30-26(31)24-9-5-4-8-23(24)25(28-30)17-20-10-12-21(27)13-11-20/h4-5,8-13,19,22H,3,6-7,14-18H2,1-2H3/t19-,22+/m0/s1. The number of fused-ring (bicyclic) bond motifs is 1. The summed E-state index contributed by atoms with van der Waals surface area (Å²) in [7, 11) is -3.04. The second-order valence-corrected chi connectivity index (χ2v) is 12.3. The van der Waals surface area contributed by atoms with Crippen LogP contribution in [0.5, 0.6) is 0 Å². The Bertz CT molecular complexity index is 1310. The van der Waals surface area contributed by atoms with E-state index in [1.807, 2.05) is 48.5 Å². The highest BCUT2D eigenvalue weighted by Gasteiger charge is 2.28. The molecule has 3 aromatic rings. The van der Waals surface area contributed by atoms with Gasteiger partial charge in [-0.25, -0.2) is 13.1 Å². The van der Waals surface area contributed by atoms with Crippen molar-refractivity contribution in [1.82, 2.24) is 14.7 Å². The Morgan fingerprint density at radius 3 is 2.53 bits per heavy atom. The fourth-order valence-electron chi connectivity index (χ4n) is 4.76. The molecule has 2 heterocycles. The Labute approximate surface area is 206 Å². The fraction of sp³-hybridized carbons (Fsp3) is 0.462. The number of halogens is 1. The monoisotopic (exact) mass is 501 g/mol. The smallest absolute Gasteiger partial charge is 0.274 e. The summed E-state index contributed by atoms with van der Waals surface area (Å²) in [6, 6.07) is 15.5. The van der Waals surface area contributed by atoms with E-state index < -0.39 is 9.84 Å². The number of likely N-dealkylation sites (tertiary alicyclic amines) is 1. The van der Waals surface area contributed by atoms with Crippen LogP contribution >= 0.6 is 11.6 Å². The summed E-state index contributed by atoms with van der Waals surface area (Å²) in [4.78, 5) is 15.6. The van der Waals surface area contributed by atoms with Crippen molar-refractivity contribution in [2.75, 3.05) is 18.8 Å². The molecule has 2 aromatic carbocycles. The van der Waals surface area contributed by atoms with Gasteiger partial charge in [0.1, 0.15) is 0 Å². The van der Waals surface area contributed by atoms with E-state index in [4.69, 9.17) is 16.7 Å². The van der Waals surface area contributed by atoms with E-state index in [0.29, 0.717) is 36.3 Å². The van der Waals surface area contributed by atoms with Crippen molar-refractivity contribution < 1.29 is 8.42 Å². The first kappa shape index (κ1) is 24.9. The summed E-state index contributed by atoms with van der Waals surface area (Å²) in [5.41, 5.74) is 1.87. The lowest BCUT2D eigenvalue weighted by molar-refractivity contribution is 0.222. The highest BCUT2D eigenvalue weighted by molar-refractivity contribution is 7.91. The molecular formula is C26H32ClN3O3S. The molecule has 6 nitrogen and oxygen atoms in total. The van der Waals surface area contributed by atoms with E-state index in [0.717, 1.165) is 36.0 Å². The van der Waals surface area contributed by atoms with Crippen LogP contribution in [0.4, 0.5) is 0 Å². The number of benzene rings is 2. The number of rotatable bonds is 9. The Hall–Kier alpha value is -2.22. The first-order valence-corrected chi connectivity index (χ1v) is 14.1. The molecular weight excluding hydrogens is 470 g/mol. The van der Waals surface area contributed by atoms with Gasteiger partial charge in [0.25, 0.3) is 5.56 Å². The SMILES string of the molecule is CCS(=O)(=O)[C@@H](C)CCN1CCC[C@@H]1Cn1nc(Cc2ccc(Cl)cc2)c2ccccc2c1=O. The molecule has 0 radical (unpaired) electrons. The topological polar surface area (TPSA) is 72.3 Å². The van der Waals surface area contributed by atoms with Gasteiger partial charge in [0.2, 0.25) is 0 Å². The minimum absolute atomic E-state index is 0.0794. The maximum Gasteiger partial charge on any atom is 0.274 e. The van der Waals surface area contributed by atoms with Gasteiger partial charge >= 0.3 is 0 Å². The van der Waals surface area contributed by atoms with Gasteiger partial charge in [0, 0.05) is 28.6 Å². The molecule has 1 aliphatic rings. The zero-order valence-corrected chi connectivity index (χ0v) is 21.4. The molecule has 0 bridgehead atoms. The minimum atomic E-state index is -3.04. The van der Waals surface area contributed by atoms with Gasteiger partial charge < -0.3 is 0 Å².